The summed E-state index contributed by atoms with van der Waals surface area (Å²) in [4.78, 5) is 22.4. The molecule has 1 aromatic carbocycles. The van der Waals surface area contributed by atoms with Gasteiger partial charge >= 0.3 is 11.9 Å². The molecule has 1 aromatic heterocycles. The summed E-state index contributed by atoms with van der Waals surface area (Å²) in [6.45, 7) is 2.18. The van der Waals surface area contributed by atoms with Crippen LogP contribution in [0.25, 0.3) is 10.9 Å². The van der Waals surface area contributed by atoms with Crippen molar-refractivity contribution in [3.8, 4) is 0 Å². The first-order valence-electron chi connectivity index (χ1n) is 6.06. The maximum Gasteiger partial charge on any atom is 0.325 e. The summed E-state index contributed by atoms with van der Waals surface area (Å²) < 4.78 is 6.64. The summed E-state index contributed by atoms with van der Waals surface area (Å²) >= 11 is 0. The number of hydrogen-bond donors (Lipinski definition) is 1. The van der Waals surface area contributed by atoms with Gasteiger partial charge in [-0.1, -0.05) is 18.2 Å². The van der Waals surface area contributed by atoms with Crippen molar-refractivity contribution in [3.05, 3.63) is 36.0 Å². The van der Waals surface area contributed by atoms with Crippen LogP contribution >= 0.6 is 0 Å². The van der Waals surface area contributed by atoms with Gasteiger partial charge in [0.15, 0.2) is 0 Å². The number of carbonyl (C=O) groups is 2. The molecule has 5 nitrogen and oxygen atoms in total. The van der Waals surface area contributed by atoms with Crippen LogP contribution in [0.2, 0.25) is 0 Å². The van der Waals surface area contributed by atoms with Crippen LogP contribution in [-0.4, -0.2) is 28.2 Å². The van der Waals surface area contributed by atoms with E-state index in [-0.39, 0.29) is 18.9 Å². The first-order valence-corrected chi connectivity index (χ1v) is 6.06. The van der Waals surface area contributed by atoms with E-state index in [9.17, 15) is 9.59 Å². The molecule has 0 saturated heterocycles. The Kier molecular flexibility index (Phi) is 3.85. The number of carboxylic acid groups (broad SMARTS) is 1. The molecule has 0 aliphatic carbocycles. The van der Waals surface area contributed by atoms with E-state index in [2.05, 4.69) is 0 Å². The maximum atomic E-state index is 11.5. The smallest absolute Gasteiger partial charge is 0.325 e. The molecule has 0 atom stereocenters. The lowest BCUT2D eigenvalue weighted by Crippen LogP contribution is -2.12. The van der Waals surface area contributed by atoms with Gasteiger partial charge in [0.25, 0.3) is 0 Å². The number of carboxylic acids is 1. The minimum absolute atomic E-state index is 0.0592. The highest BCUT2D eigenvalue weighted by Gasteiger charge is 2.13. The second-order valence-electron chi connectivity index (χ2n) is 4.17. The largest absolute Gasteiger partial charge is 0.481 e. The summed E-state index contributed by atoms with van der Waals surface area (Å²) in [5.41, 5.74) is 1.54. The van der Waals surface area contributed by atoms with Crippen LogP contribution in [0.3, 0.4) is 0 Å². The van der Waals surface area contributed by atoms with E-state index in [1.807, 2.05) is 24.3 Å². The Hall–Kier alpha value is -2.30. The lowest BCUT2D eigenvalue weighted by Gasteiger charge is -2.04. The second-order valence-corrected chi connectivity index (χ2v) is 4.17. The molecule has 19 heavy (non-hydrogen) atoms. The predicted molar refractivity (Wildman–Crippen MR) is 69.9 cm³/mol. The van der Waals surface area contributed by atoms with Crippen molar-refractivity contribution in [2.75, 3.05) is 6.61 Å². The molecule has 2 rings (SSSR count). The Balaban J connectivity index is 2.38. The van der Waals surface area contributed by atoms with Crippen molar-refractivity contribution < 1.29 is 19.4 Å². The average molecular weight is 261 g/mol. The fraction of sp³-hybridized carbons (Fsp3) is 0.286. The van der Waals surface area contributed by atoms with E-state index in [0.29, 0.717) is 12.2 Å². The molecule has 5 heteroatoms. The monoisotopic (exact) mass is 261 g/mol. The van der Waals surface area contributed by atoms with E-state index < -0.39 is 5.97 Å². The maximum absolute atomic E-state index is 11.5. The molecule has 0 aliphatic heterocycles. The molecule has 0 radical (unpaired) electrons. The van der Waals surface area contributed by atoms with Gasteiger partial charge in [-0.05, 0) is 18.6 Å². The number of hydrogen-bond acceptors (Lipinski definition) is 3. The average Bonchev–Trinajstić information content (AvgIpc) is 2.68. The number of aromatic nitrogens is 1. The summed E-state index contributed by atoms with van der Waals surface area (Å²) in [6.07, 6.45) is 1.64. The van der Waals surface area contributed by atoms with Crippen molar-refractivity contribution in [3.63, 3.8) is 0 Å². The lowest BCUT2D eigenvalue weighted by atomic mass is 10.1. The minimum Gasteiger partial charge on any atom is -0.481 e. The number of benzene rings is 1. The summed E-state index contributed by atoms with van der Waals surface area (Å²) in [5.74, 6) is -1.22. The molecule has 100 valence electrons. The summed E-state index contributed by atoms with van der Waals surface area (Å²) in [7, 11) is 0. The third-order valence-electron chi connectivity index (χ3n) is 2.82. The number of fused-ring (bicyclic) bond motifs is 1. The zero-order valence-corrected chi connectivity index (χ0v) is 10.6. The molecule has 0 spiro atoms. The highest BCUT2D eigenvalue weighted by Crippen LogP contribution is 2.21. The van der Waals surface area contributed by atoms with Crippen LogP contribution in [0, 0.1) is 0 Å². The van der Waals surface area contributed by atoms with E-state index in [0.717, 1.165) is 10.9 Å². The molecule has 2 aromatic rings. The fourth-order valence-corrected chi connectivity index (χ4v) is 2.10. The number of rotatable bonds is 5. The first kappa shape index (κ1) is 13.1. The van der Waals surface area contributed by atoms with Crippen molar-refractivity contribution in [2.45, 2.75) is 19.9 Å². The Bertz CT molecular complexity index is 615. The van der Waals surface area contributed by atoms with Gasteiger partial charge in [-0.25, -0.2) is 0 Å². The van der Waals surface area contributed by atoms with Gasteiger partial charge in [-0.15, -0.1) is 0 Å². The standard InChI is InChI=1S/C14H15NO4/c1-2-19-14(18)9-15-8-10(7-13(16)17)11-5-3-4-6-12(11)15/h3-6,8H,2,7,9H2,1H3,(H,16,17). The zero-order chi connectivity index (χ0) is 13.8. The van der Waals surface area contributed by atoms with Gasteiger partial charge in [-0.3, -0.25) is 9.59 Å². The number of ether oxygens (including phenoxy) is 1. The summed E-state index contributed by atoms with van der Waals surface area (Å²) in [6, 6.07) is 7.42. The fourth-order valence-electron chi connectivity index (χ4n) is 2.10. The van der Waals surface area contributed by atoms with Gasteiger partial charge in [0.1, 0.15) is 6.54 Å². The van der Waals surface area contributed by atoms with Crippen molar-refractivity contribution in [2.24, 2.45) is 0 Å². The molecule has 0 fully saturated rings. The quantitative estimate of drug-likeness (QED) is 0.834. The number of esters is 1. The molecular formula is C14H15NO4. The zero-order valence-electron chi connectivity index (χ0n) is 10.6. The van der Waals surface area contributed by atoms with Crippen LogP contribution in [0.4, 0.5) is 0 Å². The molecule has 0 unspecified atom stereocenters. The molecule has 0 bridgehead atoms. The Morgan fingerprint density at radius 3 is 2.74 bits per heavy atom. The Morgan fingerprint density at radius 2 is 2.05 bits per heavy atom. The van der Waals surface area contributed by atoms with E-state index >= 15 is 0 Å². The van der Waals surface area contributed by atoms with Crippen LogP contribution in [-0.2, 0) is 27.3 Å². The van der Waals surface area contributed by atoms with Crippen LogP contribution in [0.15, 0.2) is 30.5 Å². The van der Waals surface area contributed by atoms with Gasteiger partial charge in [0, 0.05) is 17.1 Å². The third-order valence-corrected chi connectivity index (χ3v) is 2.82. The molecule has 1 N–H and O–H groups in total. The van der Waals surface area contributed by atoms with Crippen molar-refractivity contribution >= 4 is 22.8 Å². The van der Waals surface area contributed by atoms with Crippen molar-refractivity contribution in [1.82, 2.24) is 4.57 Å². The number of carbonyl (C=O) groups excluding carboxylic acids is 1. The van der Waals surface area contributed by atoms with Crippen molar-refractivity contribution in [1.29, 1.82) is 0 Å². The van der Waals surface area contributed by atoms with E-state index in [1.54, 1.807) is 17.7 Å². The molecule has 0 saturated carbocycles. The minimum atomic E-state index is -0.890. The predicted octanol–water partition coefficient (Wildman–Crippen LogP) is 1.83. The highest BCUT2D eigenvalue weighted by molar-refractivity contribution is 5.88. The van der Waals surface area contributed by atoms with Crippen LogP contribution < -0.4 is 0 Å². The van der Waals surface area contributed by atoms with Gasteiger partial charge in [-0.2, -0.15) is 0 Å². The number of para-hydroxylation sites is 1. The number of aliphatic carboxylic acids is 1. The number of nitrogens with zero attached hydrogens (tertiary/aromatic N) is 1. The SMILES string of the molecule is CCOC(=O)Cn1cc(CC(=O)O)c2ccccc21. The summed E-state index contributed by atoms with van der Waals surface area (Å²) in [5, 5.41) is 9.76. The van der Waals surface area contributed by atoms with Gasteiger partial charge in [0.2, 0.25) is 0 Å². The molecule has 1 heterocycles. The Labute approximate surface area is 110 Å². The van der Waals surface area contributed by atoms with Gasteiger partial charge in [0.05, 0.1) is 13.0 Å². The topological polar surface area (TPSA) is 68.5 Å². The van der Waals surface area contributed by atoms with Gasteiger partial charge < -0.3 is 14.4 Å². The molecular weight excluding hydrogens is 246 g/mol. The lowest BCUT2D eigenvalue weighted by molar-refractivity contribution is -0.143. The third kappa shape index (κ3) is 2.93. The van der Waals surface area contributed by atoms with E-state index in [4.69, 9.17) is 9.84 Å². The second kappa shape index (κ2) is 5.56. The highest BCUT2D eigenvalue weighted by atomic mass is 16.5. The first-order chi connectivity index (χ1) is 9.11. The molecule has 0 aliphatic rings. The Morgan fingerprint density at radius 1 is 1.32 bits per heavy atom. The van der Waals surface area contributed by atoms with E-state index in [1.165, 1.54) is 0 Å². The van der Waals surface area contributed by atoms with Crippen LogP contribution in [0.5, 0.6) is 0 Å². The normalized spacial score (nSPS) is 10.6. The molecule has 0 amide bonds. The van der Waals surface area contributed by atoms with Crippen LogP contribution in [0.1, 0.15) is 12.5 Å².